The quantitative estimate of drug-likeness (QED) is 0.614. The molecule has 1 unspecified atom stereocenters. The Bertz CT molecular complexity index is 790. The van der Waals surface area contributed by atoms with Crippen LogP contribution in [0.3, 0.4) is 0 Å². The molecule has 1 aliphatic heterocycles. The topological polar surface area (TPSA) is 22.4 Å². The smallest absolute Gasteiger partial charge is 0.187 e. The lowest BCUT2D eigenvalue weighted by atomic mass is 9.95. The van der Waals surface area contributed by atoms with Crippen molar-refractivity contribution in [1.29, 1.82) is 0 Å². The maximum Gasteiger partial charge on any atom is 0.187 e. The van der Waals surface area contributed by atoms with Gasteiger partial charge in [-0.05, 0) is 29.0 Å². The van der Waals surface area contributed by atoms with E-state index in [-0.39, 0.29) is 6.10 Å². The van der Waals surface area contributed by atoms with E-state index in [1.54, 1.807) is 6.26 Å². The van der Waals surface area contributed by atoms with Crippen LogP contribution in [0.2, 0.25) is 0 Å². The molecule has 2 heterocycles. The van der Waals surface area contributed by atoms with Crippen molar-refractivity contribution in [3.05, 3.63) is 66.1 Å². The maximum absolute atomic E-state index is 6.06. The Morgan fingerprint density at radius 1 is 1.00 bits per heavy atom. The summed E-state index contributed by atoms with van der Waals surface area (Å²) in [5.74, 6) is 1.67. The fraction of sp³-hybridized carbons (Fsp3) is 0.118. The molecule has 1 atom stereocenters. The average Bonchev–Trinajstić information content (AvgIpc) is 3.00. The number of furan rings is 1. The summed E-state index contributed by atoms with van der Waals surface area (Å²) >= 11 is 5.53. The van der Waals surface area contributed by atoms with Crippen LogP contribution >= 0.6 is 12.2 Å². The maximum atomic E-state index is 6.06. The second-order valence-corrected chi connectivity index (χ2v) is 5.44. The highest BCUT2D eigenvalue weighted by Gasteiger charge is 2.29. The molecule has 20 heavy (non-hydrogen) atoms. The van der Waals surface area contributed by atoms with Gasteiger partial charge in [0.1, 0.15) is 11.5 Å². The van der Waals surface area contributed by atoms with Gasteiger partial charge in [-0.25, -0.2) is 0 Å². The highest BCUT2D eigenvalue weighted by atomic mass is 32.1. The molecular formula is C17H12O2S. The van der Waals surface area contributed by atoms with Gasteiger partial charge in [0, 0.05) is 16.8 Å². The number of fused-ring (bicyclic) bond motifs is 3. The van der Waals surface area contributed by atoms with E-state index < -0.39 is 0 Å². The molecular weight excluding hydrogens is 268 g/mol. The normalized spacial score (nSPS) is 17.8. The van der Waals surface area contributed by atoms with Gasteiger partial charge in [0.25, 0.3) is 0 Å². The SMILES string of the molecule is S=C1Cc2c(ccc3ccccc23)OC1c1ccco1. The zero-order chi connectivity index (χ0) is 13.5. The summed E-state index contributed by atoms with van der Waals surface area (Å²) in [6.45, 7) is 0. The highest BCUT2D eigenvalue weighted by Crippen LogP contribution is 2.37. The minimum absolute atomic E-state index is 0.256. The molecule has 0 radical (unpaired) electrons. The first kappa shape index (κ1) is 11.7. The molecule has 1 aromatic heterocycles. The van der Waals surface area contributed by atoms with E-state index in [9.17, 15) is 0 Å². The Kier molecular flexibility index (Phi) is 2.60. The summed E-state index contributed by atoms with van der Waals surface area (Å²) in [5, 5.41) is 2.43. The number of hydrogen-bond acceptors (Lipinski definition) is 3. The van der Waals surface area contributed by atoms with Gasteiger partial charge >= 0.3 is 0 Å². The lowest BCUT2D eigenvalue weighted by Gasteiger charge is -2.26. The highest BCUT2D eigenvalue weighted by molar-refractivity contribution is 7.80. The number of rotatable bonds is 1. The molecule has 1 aliphatic rings. The van der Waals surface area contributed by atoms with Crippen molar-refractivity contribution in [3.63, 3.8) is 0 Å². The fourth-order valence-corrected chi connectivity index (χ4v) is 3.03. The third-order valence-corrected chi connectivity index (χ3v) is 4.05. The van der Waals surface area contributed by atoms with Crippen molar-refractivity contribution in [3.8, 4) is 5.75 Å². The monoisotopic (exact) mass is 280 g/mol. The predicted octanol–water partition coefficient (Wildman–Crippen LogP) is 4.48. The second kappa shape index (κ2) is 4.46. The van der Waals surface area contributed by atoms with Crippen molar-refractivity contribution in [2.45, 2.75) is 12.5 Å². The predicted molar refractivity (Wildman–Crippen MR) is 82.3 cm³/mol. The zero-order valence-corrected chi connectivity index (χ0v) is 11.5. The van der Waals surface area contributed by atoms with E-state index in [0.29, 0.717) is 0 Å². The Hall–Kier alpha value is -2.13. The van der Waals surface area contributed by atoms with Crippen LogP contribution < -0.4 is 4.74 Å². The van der Waals surface area contributed by atoms with Crippen LogP contribution in [0.1, 0.15) is 17.4 Å². The largest absolute Gasteiger partial charge is 0.477 e. The first-order valence-corrected chi connectivity index (χ1v) is 6.97. The van der Waals surface area contributed by atoms with Gasteiger partial charge in [-0.3, -0.25) is 0 Å². The fourth-order valence-electron chi connectivity index (χ4n) is 2.73. The number of ether oxygens (including phenoxy) is 1. The van der Waals surface area contributed by atoms with Crippen molar-refractivity contribution >= 4 is 27.9 Å². The van der Waals surface area contributed by atoms with Gasteiger partial charge in [0.05, 0.1) is 6.26 Å². The molecule has 0 aliphatic carbocycles. The molecule has 2 nitrogen and oxygen atoms in total. The molecule has 0 N–H and O–H groups in total. The molecule has 98 valence electrons. The van der Waals surface area contributed by atoms with Gasteiger partial charge in [-0.1, -0.05) is 42.5 Å². The van der Waals surface area contributed by atoms with Gasteiger partial charge < -0.3 is 9.15 Å². The third-order valence-electron chi connectivity index (χ3n) is 3.69. The van der Waals surface area contributed by atoms with Gasteiger partial charge in [0.15, 0.2) is 6.10 Å². The number of thiocarbonyl (C=S) groups is 1. The van der Waals surface area contributed by atoms with Crippen molar-refractivity contribution in [2.75, 3.05) is 0 Å². The van der Waals surface area contributed by atoms with E-state index in [1.807, 2.05) is 30.3 Å². The lowest BCUT2D eigenvalue weighted by molar-refractivity contribution is 0.232. The van der Waals surface area contributed by atoms with Gasteiger partial charge in [0.2, 0.25) is 0 Å². The van der Waals surface area contributed by atoms with Crippen LogP contribution in [0, 0.1) is 0 Å². The van der Waals surface area contributed by atoms with Gasteiger partial charge in [-0.2, -0.15) is 0 Å². The summed E-state index contributed by atoms with van der Waals surface area (Å²) in [6.07, 6.45) is 2.14. The van der Waals surface area contributed by atoms with E-state index in [1.165, 1.54) is 16.3 Å². The molecule has 0 fully saturated rings. The van der Waals surface area contributed by atoms with Crippen molar-refractivity contribution in [1.82, 2.24) is 0 Å². The summed E-state index contributed by atoms with van der Waals surface area (Å²) in [6, 6.07) is 16.2. The molecule has 0 amide bonds. The summed E-state index contributed by atoms with van der Waals surface area (Å²) < 4.78 is 11.5. The lowest BCUT2D eigenvalue weighted by Crippen LogP contribution is -2.24. The Morgan fingerprint density at radius 3 is 2.75 bits per heavy atom. The summed E-state index contributed by atoms with van der Waals surface area (Å²) in [5.41, 5.74) is 1.18. The zero-order valence-electron chi connectivity index (χ0n) is 10.7. The standard InChI is InChI=1S/C17H12O2S/c20-16-10-13-12-5-2-1-4-11(12)7-8-14(13)19-17(16)15-6-3-9-18-15/h1-9,17H,10H2. The summed E-state index contributed by atoms with van der Waals surface area (Å²) in [7, 11) is 0. The first-order valence-electron chi connectivity index (χ1n) is 6.56. The molecule has 3 heteroatoms. The van der Waals surface area contributed by atoms with E-state index in [2.05, 4.69) is 18.2 Å². The third kappa shape index (κ3) is 1.74. The molecule has 3 aromatic rings. The van der Waals surface area contributed by atoms with Crippen molar-refractivity contribution < 1.29 is 9.15 Å². The average molecular weight is 280 g/mol. The minimum Gasteiger partial charge on any atom is -0.477 e. The molecule has 4 rings (SSSR count). The van der Waals surface area contributed by atoms with Crippen LogP contribution in [0.25, 0.3) is 10.8 Å². The molecule has 2 aromatic carbocycles. The molecule has 0 bridgehead atoms. The molecule has 0 saturated heterocycles. The number of hydrogen-bond donors (Lipinski definition) is 0. The van der Waals surface area contributed by atoms with Crippen LogP contribution in [0.15, 0.2) is 59.2 Å². The minimum atomic E-state index is -0.256. The Balaban J connectivity index is 1.84. The van der Waals surface area contributed by atoms with E-state index in [0.717, 1.165) is 22.8 Å². The van der Waals surface area contributed by atoms with Crippen molar-refractivity contribution in [2.24, 2.45) is 0 Å². The second-order valence-electron chi connectivity index (χ2n) is 4.92. The van der Waals surface area contributed by atoms with Crippen LogP contribution in [0.4, 0.5) is 0 Å². The first-order chi connectivity index (χ1) is 9.83. The van der Waals surface area contributed by atoms with E-state index >= 15 is 0 Å². The van der Waals surface area contributed by atoms with Crippen LogP contribution in [-0.4, -0.2) is 4.86 Å². The molecule has 0 spiro atoms. The Labute approximate surface area is 122 Å². The summed E-state index contributed by atoms with van der Waals surface area (Å²) in [4.78, 5) is 0.865. The van der Waals surface area contributed by atoms with Crippen LogP contribution in [0.5, 0.6) is 5.75 Å². The number of benzene rings is 2. The van der Waals surface area contributed by atoms with E-state index in [4.69, 9.17) is 21.4 Å². The Morgan fingerprint density at radius 2 is 1.90 bits per heavy atom. The van der Waals surface area contributed by atoms with Crippen LogP contribution in [-0.2, 0) is 6.42 Å². The molecule has 0 saturated carbocycles. The van der Waals surface area contributed by atoms with Gasteiger partial charge in [-0.15, -0.1) is 0 Å².